The Morgan fingerprint density at radius 2 is 1.90 bits per heavy atom. The van der Waals surface area contributed by atoms with Crippen LogP contribution in [0.15, 0.2) is 29.2 Å². The molecule has 1 N–H and O–H groups in total. The van der Waals surface area contributed by atoms with Crippen LogP contribution in [0.25, 0.3) is 0 Å². The molecule has 112 valence electrons. The summed E-state index contributed by atoms with van der Waals surface area (Å²) in [5.41, 5.74) is 1.54. The number of rotatable bonds is 7. The van der Waals surface area contributed by atoms with E-state index in [0.717, 1.165) is 24.4 Å². The third-order valence-corrected chi connectivity index (χ3v) is 5.37. The number of hydrogen-bond acceptors (Lipinski definition) is 2. The van der Waals surface area contributed by atoms with Crippen molar-refractivity contribution >= 4 is 11.8 Å². The van der Waals surface area contributed by atoms with Gasteiger partial charge in [-0.3, -0.25) is 0 Å². The van der Waals surface area contributed by atoms with Gasteiger partial charge in [0, 0.05) is 16.2 Å². The molecule has 3 atom stereocenters. The Bertz CT molecular complexity index is 398. The zero-order valence-corrected chi connectivity index (χ0v) is 14.2. The van der Waals surface area contributed by atoms with E-state index < -0.39 is 0 Å². The zero-order valence-electron chi connectivity index (χ0n) is 13.4. The Kier molecular flexibility index (Phi) is 5.98. The van der Waals surface area contributed by atoms with Crippen molar-refractivity contribution in [1.82, 2.24) is 5.32 Å². The molecule has 1 fully saturated rings. The molecule has 2 rings (SSSR count). The zero-order chi connectivity index (χ0) is 14.5. The molecule has 0 heterocycles. The molecule has 1 aliphatic rings. The molecule has 20 heavy (non-hydrogen) atoms. The Balaban J connectivity index is 1.95. The number of thioether (sulfide) groups is 1. The van der Waals surface area contributed by atoms with Gasteiger partial charge in [-0.25, -0.2) is 0 Å². The summed E-state index contributed by atoms with van der Waals surface area (Å²) in [5, 5.41) is 4.37. The summed E-state index contributed by atoms with van der Waals surface area (Å²) in [4.78, 5) is 1.40. The van der Waals surface area contributed by atoms with E-state index in [1.807, 2.05) is 11.8 Å². The monoisotopic (exact) mass is 291 g/mol. The van der Waals surface area contributed by atoms with E-state index in [1.165, 1.54) is 24.2 Å². The van der Waals surface area contributed by atoms with Gasteiger partial charge in [-0.05, 0) is 48.9 Å². The maximum atomic E-state index is 3.70. The SMILES string of the molecule is CCCNC1CC(c2ccc(SC(C)C)cc2)C1CC. The summed E-state index contributed by atoms with van der Waals surface area (Å²) >= 11 is 1.95. The lowest BCUT2D eigenvalue weighted by molar-refractivity contribution is 0.161. The summed E-state index contributed by atoms with van der Waals surface area (Å²) < 4.78 is 0. The quantitative estimate of drug-likeness (QED) is 0.704. The molecule has 3 unspecified atom stereocenters. The van der Waals surface area contributed by atoms with Gasteiger partial charge in [-0.2, -0.15) is 0 Å². The van der Waals surface area contributed by atoms with Crippen LogP contribution in [0.1, 0.15) is 58.4 Å². The highest BCUT2D eigenvalue weighted by atomic mass is 32.2. The lowest BCUT2D eigenvalue weighted by Gasteiger charge is -2.45. The molecule has 1 saturated carbocycles. The summed E-state index contributed by atoms with van der Waals surface area (Å²) in [6, 6.07) is 10.1. The van der Waals surface area contributed by atoms with Crippen molar-refractivity contribution in [2.24, 2.45) is 5.92 Å². The fraction of sp³-hybridized carbons (Fsp3) is 0.667. The molecule has 2 heteroatoms. The molecule has 1 aromatic carbocycles. The smallest absolute Gasteiger partial charge is 0.0107 e. The van der Waals surface area contributed by atoms with E-state index in [1.54, 1.807) is 5.56 Å². The molecule has 0 amide bonds. The van der Waals surface area contributed by atoms with Crippen molar-refractivity contribution in [3.63, 3.8) is 0 Å². The predicted molar refractivity (Wildman–Crippen MR) is 90.7 cm³/mol. The van der Waals surface area contributed by atoms with E-state index in [9.17, 15) is 0 Å². The van der Waals surface area contributed by atoms with Crippen molar-refractivity contribution < 1.29 is 0 Å². The summed E-state index contributed by atoms with van der Waals surface area (Å²) in [5.74, 6) is 1.60. The van der Waals surface area contributed by atoms with Gasteiger partial charge in [0.05, 0.1) is 0 Å². The van der Waals surface area contributed by atoms with Crippen LogP contribution in [-0.2, 0) is 0 Å². The summed E-state index contributed by atoms with van der Waals surface area (Å²) in [7, 11) is 0. The standard InChI is InChI=1S/C18H29NS/c1-5-11-19-18-12-17(16(18)6-2)14-7-9-15(10-8-14)20-13(3)4/h7-10,13,16-19H,5-6,11-12H2,1-4H3. The van der Waals surface area contributed by atoms with Crippen LogP contribution >= 0.6 is 11.8 Å². The van der Waals surface area contributed by atoms with E-state index >= 15 is 0 Å². The lowest BCUT2D eigenvalue weighted by atomic mass is 9.65. The Morgan fingerprint density at radius 1 is 1.20 bits per heavy atom. The van der Waals surface area contributed by atoms with Gasteiger partial charge in [0.15, 0.2) is 0 Å². The number of nitrogens with one attached hydrogen (secondary N) is 1. The predicted octanol–water partition coefficient (Wildman–Crippen LogP) is 5.07. The number of hydrogen-bond donors (Lipinski definition) is 1. The van der Waals surface area contributed by atoms with Crippen LogP contribution in [0.3, 0.4) is 0 Å². The van der Waals surface area contributed by atoms with Crippen molar-refractivity contribution in [1.29, 1.82) is 0 Å². The molecule has 0 saturated heterocycles. The highest BCUT2D eigenvalue weighted by Crippen LogP contribution is 2.44. The lowest BCUT2D eigenvalue weighted by Crippen LogP contribution is -2.49. The Morgan fingerprint density at radius 3 is 2.45 bits per heavy atom. The normalized spacial score (nSPS) is 25.8. The fourth-order valence-electron chi connectivity index (χ4n) is 3.29. The van der Waals surface area contributed by atoms with Gasteiger partial charge in [-0.1, -0.05) is 46.2 Å². The molecule has 1 aromatic rings. The van der Waals surface area contributed by atoms with Crippen LogP contribution in [-0.4, -0.2) is 17.8 Å². The van der Waals surface area contributed by atoms with E-state index in [4.69, 9.17) is 0 Å². The Hall–Kier alpha value is -0.470. The van der Waals surface area contributed by atoms with Gasteiger partial charge in [0.2, 0.25) is 0 Å². The van der Waals surface area contributed by atoms with Gasteiger partial charge in [0.25, 0.3) is 0 Å². The topological polar surface area (TPSA) is 12.0 Å². The second-order valence-corrected chi connectivity index (χ2v) is 7.86. The molecule has 0 radical (unpaired) electrons. The highest BCUT2D eigenvalue weighted by Gasteiger charge is 2.39. The first kappa shape index (κ1) is 15.9. The molecule has 1 aliphatic carbocycles. The molecular weight excluding hydrogens is 262 g/mol. The van der Waals surface area contributed by atoms with Gasteiger partial charge in [0.1, 0.15) is 0 Å². The third-order valence-electron chi connectivity index (χ3n) is 4.35. The molecule has 0 spiro atoms. The first-order chi connectivity index (χ1) is 9.65. The molecule has 0 bridgehead atoms. The van der Waals surface area contributed by atoms with Crippen LogP contribution in [0.4, 0.5) is 0 Å². The van der Waals surface area contributed by atoms with E-state index in [2.05, 4.69) is 57.3 Å². The minimum absolute atomic E-state index is 0.663. The Labute approximate surface area is 128 Å². The average molecular weight is 292 g/mol. The summed E-state index contributed by atoms with van der Waals surface area (Å²) in [6.45, 7) is 10.2. The third kappa shape index (κ3) is 3.79. The van der Waals surface area contributed by atoms with Crippen LogP contribution < -0.4 is 5.32 Å². The maximum Gasteiger partial charge on any atom is 0.0107 e. The largest absolute Gasteiger partial charge is 0.314 e. The molecular formula is C18H29NS. The minimum Gasteiger partial charge on any atom is -0.314 e. The van der Waals surface area contributed by atoms with Crippen LogP contribution in [0.5, 0.6) is 0 Å². The molecule has 0 aliphatic heterocycles. The average Bonchev–Trinajstić information content (AvgIpc) is 2.39. The van der Waals surface area contributed by atoms with E-state index in [-0.39, 0.29) is 0 Å². The van der Waals surface area contributed by atoms with Crippen molar-refractivity contribution in [3.8, 4) is 0 Å². The summed E-state index contributed by atoms with van der Waals surface area (Å²) in [6.07, 6.45) is 3.84. The van der Waals surface area contributed by atoms with Crippen LogP contribution in [0.2, 0.25) is 0 Å². The van der Waals surface area contributed by atoms with Gasteiger partial charge < -0.3 is 5.32 Å². The first-order valence-corrected chi connectivity index (χ1v) is 9.03. The van der Waals surface area contributed by atoms with Crippen molar-refractivity contribution in [2.75, 3.05) is 6.54 Å². The second kappa shape index (κ2) is 7.51. The minimum atomic E-state index is 0.663. The van der Waals surface area contributed by atoms with Crippen molar-refractivity contribution in [3.05, 3.63) is 29.8 Å². The fourth-order valence-corrected chi connectivity index (χ4v) is 4.13. The second-order valence-electron chi connectivity index (χ2n) is 6.21. The van der Waals surface area contributed by atoms with Gasteiger partial charge >= 0.3 is 0 Å². The molecule has 1 nitrogen and oxygen atoms in total. The highest BCUT2D eigenvalue weighted by molar-refractivity contribution is 7.99. The van der Waals surface area contributed by atoms with Crippen LogP contribution in [0, 0.1) is 5.92 Å². The first-order valence-electron chi connectivity index (χ1n) is 8.15. The molecule has 0 aromatic heterocycles. The van der Waals surface area contributed by atoms with Gasteiger partial charge in [-0.15, -0.1) is 11.8 Å². The van der Waals surface area contributed by atoms with Crippen molar-refractivity contribution in [2.45, 2.75) is 69.1 Å². The maximum absolute atomic E-state index is 3.70. The van der Waals surface area contributed by atoms with E-state index in [0.29, 0.717) is 5.25 Å². The number of benzene rings is 1.